The van der Waals surface area contributed by atoms with E-state index in [4.69, 9.17) is 15.0 Å². The van der Waals surface area contributed by atoms with Crippen LogP contribution in [0.3, 0.4) is 0 Å². The zero-order valence-electron chi connectivity index (χ0n) is 43.6. The minimum Gasteiger partial charge on any atom is -0.278 e. The zero-order chi connectivity index (χ0) is 53.5. The largest absolute Gasteiger partial charge is 0.278 e. The first-order valence-electron chi connectivity index (χ1n) is 26.5. The molecular weight excluding hydrogens is 1070 g/mol. The van der Waals surface area contributed by atoms with E-state index in [0.29, 0.717) is 17.6 Å². The van der Waals surface area contributed by atoms with E-state index < -0.39 is 0 Å². The second-order valence-electron chi connectivity index (χ2n) is 20.6. The first-order valence-corrected chi connectivity index (χ1v) is 27.6. The minimum absolute atomic E-state index is 0.200. The Kier molecular flexibility index (Phi) is 12.9. The lowest BCUT2D eigenvalue weighted by Gasteiger charge is -2.21. The number of rotatable bonds is 9. The molecule has 0 saturated heterocycles. The van der Waals surface area contributed by atoms with E-state index in [2.05, 4.69) is 296 Å². The lowest BCUT2D eigenvalue weighted by Crippen LogP contribution is -2.15. The van der Waals surface area contributed by atoms with E-state index in [9.17, 15) is 0 Å². The summed E-state index contributed by atoms with van der Waals surface area (Å²) in [6.07, 6.45) is 4.58. The van der Waals surface area contributed by atoms with Crippen molar-refractivity contribution >= 4 is 44.4 Å². The van der Waals surface area contributed by atoms with Crippen LogP contribution in [-0.4, -0.2) is 19.5 Å². The number of hydrogen-bond acceptors (Lipinski definition) is 3. The van der Waals surface area contributed by atoms with Gasteiger partial charge in [-0.05, 0) is 160 Å². The number of hydrogen-bond donors (Lipinski definition) is 0. The van der Waals surface area contributed by atoms with Gasteiger partial charge in [-0.1, -0.05) is 214 Å². The summed E-state index contributed by atoms with van der Waals surface area (Å²) in [6.45, 7) is 4.68. The van der Waals surface area contributed by atoms with Crippen molar-refractivity contribution in [3.05, 3.63) is 278 Å². The van der Waals surface area contributed by atoms with Gasteiger partial charge < -0.3 is 0 Å². The molecule has 4 nitrogen and oxygen atoms in total. The first-order chi connectivity index (χ1) is 38.8. The number of benzene rings is 11. The Morgan fingerprint density at radius 1 is 0.329 bits per heavy atom. The molecular formula is C74H51IN4. The summed E-state index contributed by atoms with van der Waals surface area (Å²) in [5.74, 6) is 1.74. The second-order valence-corrected chi connectivity index (χ2v) is 21.2. The molecule has 5 heteroatoms. The topological polar surface area (TPSA) is 43.6 Å². The monoisotopic (exact) mass is 1120 g/mol. The summed E-state index contributed by atoms with van der Waals surface area (Å²) >= 11 is 1.82. The first kappa shape index (κ1) is 49.1. The Hall–Kier alpha value is -9.48. The molecule has 2 aromatic heterocycles. The highest BCUT2D eigenvalue weighted by Crippen LogP contribution is 2.51. The Bertz CT molecular complexity index is 4160. The molecule has 0 aliphatic heterocycles. The Morgan fingerprint density at radius 3 is 1.16 bits per heavy atom. The van der Waals surface area contributed by atoms with E-state index in [1.807, 2.05) is 22.6 Å². The van der Waals surface area contributed by atoms with Crippen LogP contribution in [0.25, 0.3) is 128 Å². The van der Waals surface area contributed by atoms with Gasteiger partial charge in [0.25, 0.3) is 0 Å². The average molecular weight is 1120 g/mol. The van der Waals surface area contributed by atoms with E-state index in [-0.39, 0.29) is 5.41 Å². The number of terminal acetylenes is 1. The predicted molar refractivity (Wildman–Crippen MR) is 338 cm³/mol. The van der Waals surface area contributed by atoms with E-state index in [0.717, 1.165) is 77.4 Å². The average Bonchev–Trinajstić information content (AvgIpc) is 4.21. The molecule has 0 unspecified atom stereocenters. The maximum Gasteiger partial charge on any atom is 0.238 e. The van der Waals surface area contributed by atoms with Crippen molar-refractivity contribution in [2.24, 2.45) is 0 Å². The fourth-order valence-electron chi connectivity index (χ4n) is 11.6. The van der Waals surface area contributed by atoms with Gasteiger partial charge in [0, 0.05) is 49.9 Å². The van der Waals surface area contributed by atoms with Gasteiger partial charge in [0.15, 0.2) is 11.6 Å². The lowest BCUT2D eigenvalue weighted by molar-refractivity contribution is 0.661. The van der Waals surface area contributed by atoms with Crippen LogP contribution in [0.15, 0.2) is 267 Å². The second kappa shape index (κ2) is 20.8. The van der Waals surface area contributed by atoms with Crippen molar-refractivity contribution in [2.75, 3.05) is 0 Å². The van der Waals surface area contributed by atoms with Crippen LogP contribution in [0.4, 0.5) is 0 Å². The van der Waals surface area contributed by atoms with Crippen molar-refractivity contribution in [1.82, 2.24) is 19.5 Å². The van der Waals surface area contributed by atoms with Crippen molar-refractivity contribution in [3.8, 4) is 117 Å². The van der Waals surface area contributed by atoms with Gasteiger partial charge >= 0.3 is 0 Å². The minimum atomic E-state index is -0.200. The van der Waals surface area contributed by atoms with Crippen molar-refractivity contribution in [1.29, 1.82) is 0 Å². The van der Waals surface area contributed by atoms with Crippen LogP contribution >= 0.6 is 22.6 Å². The quantitative estimate of drug-likeness (QED) is 0.107. The summed E-state index contributed by atoms with van der Waals surface area (Å²) in [5, 5.41) is 2.31. The fraction of sp³-hybridized carbons (Fsp3) is 0.0405. The van der Waals surface area contributed by atoms with E-state index >= 15 is 0 Å². The molecule has 79 heavy (non-hydrogen) atoms. The lowest BCUT2D eigenvalue weighted by atomic mass is 9.82. The zero-order valence-corrected chi connectivity index (χ0v) is 45.8. The SMILES string of the molecule is C#CI.CC1(C)c2ccccc2-c2cc3c4ccccc4n(-c4nc(-c5cccc(-c6cc(-c7ccccc7)cc(-c7ccccc7)c6)c5)nc(-c5cccc(-c6cc(-c7ccccc7)cc(-c7ccccc7)c6)c5)n4)c3cc21. The molecule has 0 radical (unpaired) electrons. The molecule has 0 amide bonds. The van der Waals surface area contributed by atoms with Crippen molar-refractivity contribution in [2.45, 2.75) is 19.3 Å². The number of para-hydroxylation sites is 1. The van der Waals surface area contributed by atoms with Gasteiger partial charge in [0.1, 0.15) is 0 Å². The third-order valence-electron chi connectivity index (χ3n) is 15.4. The highest BCUT2D eigenvalue weighted by Gasteiger charge is 2.36. The number of halogens is 1. The molecule has 1 aliphatic carbocycles. The van der Waals surface area contributed by atoms with Crippen LogP contribution in [0.1, 0.15) is 25.0 Å². The Balaban J connectivity index is 0.00000193. The summed E-state index contributed by atoms with van der Waals surface area (Å²) in [5.41, 5.74) is 22.5. The number of fused-ring (bicyclic) bond motifs is 6. The van der Waals surface area contributed by atoms with Crippen molar-refractivity contribution < 1.29 is 0 Å². The van der Waals surface area contributed by atoms with Gasteiger partial charge in [-0.15, -0.1) is 6.42 Å². The predicted octanol–water partition coefficient (Wildman–Crippen LogP) is 19.6. The molecule has 0 saturated carbocycles. The Morgan fingerprint density at radius 2 is 0.696 bits per heavy atom. The van der Waals surface area contributed by atoms with Gasteiger partial charge in [0.05, 0.1) is 11.0 Å². The van der Waals surface area contributed by atoms with Gasteiger partial charge in [-0.25, -0.2) is 4.98 Å². The van der Waals surface area contributed by atoms with Crippen LogP contribution in [-0.2, 0) is 5.41 Å². The van der Waals surface area contributed by atoms with Crippen LogP contribution in [0.5, 0.6) is 0 Å². The highest BCUT2D eigenvalue weighted by atomic mass is 127. The van der Waals surface area contributed by atoms with Gasteiger partial charge in [0.2, 0.25) is 5.95 Å². The molecule has 0 spiro atoms. The smallest absolute Gasteiger partial charge is 0.238 e. The standard InChI is InChI=1S/C72H50N4.C2HI/c1-72(2)65-35-17-15-33-61(65)63-45-64-62-34-16-18-36-67(62)76(68(64)46-66(63)72)71-74-69(53-31-19-29-51(37-53)59-41-55(47-21-7-3-8-22-47)39-56(42-59)48-23-9-4-10-24-48)73-70(75-71)54-32-20-30-52(38-54)60-43-57(49-25-11-5-12-26-49)40-58(44-60)50-27-13-6-14-28-50;1-2-3/h3-46H,1-2H3;1H. The maximum absolute atomic E-state index is 5.52. The molecule has 11 aromatic carbocycles. The van der Waals surface area contributed by atoms with Gasteiger partial charge in [-0.3, -0.25) is 4.57 Å². The van der Waals surface area contributed by atoms with E-state index in [1.54, 1.807) is 0 Å². The van der Waals surface area contributed by atoms with Crippen LogP contribution in [0, 0.1) is 10.4 Å². The van der Waals surface area contributed by atoms with Crippen LogP contribution < -0.4 is 0 Å². The summed E-state index contributed by atoms with van der Waals surface area (Å²) in [7, 11) is 0. The molecule has 374 valence electrons. The van der Waals surface area contributed by atoms with E-state index in [1.165, 1.54) is 44.5 Å². The molecule has 0 N–H and O–H groups in total. The summed E-state index contributed by atoms with van der Waals surface area (Å²) in [4.78, 5) is 16.5. The fourth-order valence-corrected chi connectivity index (χ4v) is 11.6. The Labute approximate surface area is 475 Å². The highest BCUT2D eigenvalue weighted by molar-refractivity contribution is 14.1. The van der Waals surface area contributed by atoms with Crippen LogP contribution in [0.2, 0.25) is 0 Å². The molecule has 0 atom stereocenters. The molecule has 14 rings (SSSR count). The summed E-state index contributed by atoms with van der Waals surface area (Å²) in [6, 6.07) is 95.9. The molecule has 0 fully saturated rings. The number of nitrogens with zero attached hydrogens (tertiary/aromatic N) is 4. The summed E-state index contributed by atoms with van der Waals surface area (Å²) < 4.78 is 4.48. The normalized spacial score (nSPS) is 12.1. The third-order valence-corrected chi connectivity index (χ3v) is 15.4. The third kappa shape index (κ3) is 9.30. The van der Waals surface area contributed by atoms with Crippen molar-refractivity contribution in [3.63, 3.8) is 0 Å². The maximum atomic E-state index is 5.52. The van der Waals surface area contributed by atoms with Gasteiger partial charge in [-0.2, -0.15) is 9.97 Å². The number of aromatic nitrogens is 4. The molecule has 1 aliphatic rings. The molecule has 0 bridgehead atoms. The molecule has 2 heterocycles. The molecule has 13 aromatic rings.